The Labute approximate surface area is 113 Å². The van der Waals surface area contributed by atoms with Gasteiger partial charge in [-0.2, -0.15) is 0 Å². The molecular weight excluding hydrogens is 268 g/mol. The quantitative estimate of drug-likeness (QED) is 0.843. The predicted octanol–water partition coefficient (Wildman–Crippen LogP) is 0.915. The standard InChI is InChI=1S/C12H18N2O4S/c1-14(2)19(16,17)9-8-12(15)13-10-6-4-5-7-11(10)18-3/h4-7H,8-9H2,1-3H3,(H,13,15). The van der Waals surface area contributed by atoms with Gasteiger partial charge in [-0.1, -0.05) is 12.1 Å². The molecule has 0 aromatic heterocycles. The second kappa shape index (κ2) is 6.53. The fourth-order valence-electron chi connectivity index (χ4n) is 1.36. The van der Waals surface area contributed by atoms with Gasteiger partial charge in [0.1, 0.15) is 5.75 Å². The molecule has 0 unspecified atom stereocenters. The van der Waals surface area contributed by atoms with Crippen LogP contribution in [-0.4, -0.2) is 45.6 Å². The Bertz CT molecular complexity index is 540. The van der Waals surface area contributed by atoms with E-state index < -0.39 is 10.0 Å². The zero-order valence-electron chi connectivity index (χ0n) is 11.2. The molecule has 0 aliphatic heterocycles. The van der Waals surface area contributed by atoms with Crippen molar-refractivity contribution in [2.45, 2.75) is 6.42 Å². The summed E-state index contributed by atoms with van der Waals surface area (Å²) in [5.41, 5.74) is 0.525. The number of rotatable bonds is 6. The van der Waals surface area contributed by atoms with Crippen LogP contribution in [0, 0.1) is 0 Å². The first-order valence-corrected chi connectivity index (χ1v) is 7.31. The predicted molar refractivity (Wildman–Crippen MR) is 73.7 cm³/mol. The number of sulfonamides is 1. The maximum absolute atomic E-state index is 11.7. The topological polar surface area (TPSA) is 75.7 Å². The van der Waals surface area contributed by atoms with Gasteiger partial charge in [-0.3, -0.25) is 4.79 Å². The minimum Gasteiger partial charge on any atom is -0.495 e. The molecule has 1 rings (SSSR count). The summed E-state index contributed by atoms with van der Waals surface area (Å²) in [7, 11) is 1.02. The number of nitrogens with one attached hydrogen (secondary N) is 1. The van der Waals surface area contributed by atoms with Crippen LogP contribution in [0.25, 0.3) is 0 Å². The molecule has 0 aliphatic carbocycles. The van der Waals surface area contributed by atoms with Crippen LogP contribution in [0.1, 0.15) is 6.42 Å². The second-order valence-electron chi connectivity index (χ2n) is 4.10. The molecule has 1 aromatic carbocycles. The summed E-state index contributed by atoms with van der Waals surface area (Å²) in [5.74, 6) is -0.0534. The maximum atomic E-state index is 11.7. The first kappa shape index (κ1) is 15.5. The van der Waals surface area contributed by atoms with Crippen LogP contribution >= 0.6 is 0 Å². The largest absolute Gasteiger partial charge is 0.495 e. The van der Waals surface area contributed by atoms with Crippen molar-refractivity contribution in [3.8, 4) is 5.75 Å². The molecule has 0 bridgehead atoms. The molecule has 19 heavy (non-hydrogen) atoms. The van der Waals surface area contributed by atoms with E-state index in [1.54, 1.807) is 24.3 Å². The molecule has 106 valence electrons. The molecule has 0 atom stereocenters. The van der Waals surface area contributed by atoms with E-state index in [9.17, 15) is 13.2 Å². The Morgan fingerprint density at radius 3 is 2.53 bits per heavy atom. The van der Waals surface area contributed by atoms with Gasteiger partial charge in [0.25, 0.3) is 0 Å². The Morgan fingerprint density at radius 2 is 1.95 bits per heavy atom. The van der Waals surface area contributed by atoms with Crippen molar-refractivity contribution in [1.29, 1.82) is 0 Å². The van der Waals surface area contributed by atoms with Gasteiger partial charge in [0.05, 0.1) is 18.6 Å². The third-order valence-corrected chi connectivity index (χ3v) is 4.36. The number of amides is 1. The molecule has 1 amide bonds. The van der Waals surface area contributed by atoms with Crippen molar-refractivity contribution >= 4 is 21.6 Å². The minimum absolute atomic E-state index is 0.0986. The van der Waals surface area contributed by atoms with Gasteiger partial charge >= 0.3 is 0 Å². The number of benzene rings is 1. The second-order valence-corrected chi connectivity index (χ2v) is 6.40. The molecular formula is C12H18N2O4S. The van der Waals surface area contributed by atoms with Crippen molar-refractivity contribution in [1.82, 2.24) is 4.31 Å². The first-order valence-electron chi connectivity index (χ1n) is 5.70. The third-order valence-electron chi connectivity index (χ3n) is 2.52. The highest BCUT2D eigenvalue weighted by Gasteiger charge is 2.16. The lowest BCUT2D eigenvalue weighted by Gasteiger charge is -2.12. The maximum Gasteiger partial charge on any atom is 0.225 e. The minimum atomic E-state index is -3.36. The van der Waals surface area contributed by atoms with Gasteiger partial charge in [0.2, 0.25) is 15.9 Å². The average molecular weight is 286 g/mol. The molecule has 0 fully saturated rings. The van der Waals surface area contributed by atoms with E-state index in [0.29, 0.717) is 11.4 Å². The average Bonchev–Trinajstić information content (AvgIpc) is 2.37. The lowest BCUT2D eigenvalue weighted by atomic mass is 10.3. The Morgan fingerprint density at radius 1 is 1.32 bits per heavy atom. The van der Waals surface area contributed by atoms with Crippen molar-refractivity contribution < 1.29 is 17.9 Å². The van der Waals surface area contributed by atoms with Crippen molar-refractivity contribution in [2.24, 2.45) is 0 Å². The van der Waals surface area contributed by atoms with Crippen LogP contribution < -0.4 is 10.1 Å². The van der Waals surface area contributed by atoms with Crippen molar-refractivity contribution in [3.63, 3.8) is 0 Å². The van der Waals surface area contributed by atoms with Gasteiger partial charge in [-0.15, -0.1) is 0 Å². The Kier molecular flexibility index (Phi) is 5.31. The van der Waals surface area contributed by atoms with Crippen LogP contribution in [0.15, 0.2) is 24.3 Å². The molecule has 0 radical (unpaired) electrons. The lowest BCUT2D eigenvalue weighted by molar-refractivity contribution is -0.115. The molecule has 0 spiro atoms. The summed E-state index contributed by atoms with van der Waals surface area (Å²) >= 11 is 0. The molecule has 1 N–H and O–H groups in total. The molecule has 0 aliphatic rings. The van der Waals surface area contributed by atoms with E-state index in [0.717, 1.165) is 4.31 Å². The number of para-hydroxylation sites is 2. The molecule has 6 nitrogen and oxygen atoms in total. The van der Waals surface area contributed by atoms with Gasteiger partial charge in [-0.25, -0.2) is 12.7 Å². The molecule has 0 saturated carbocycles. The fraction of sp³-hybridized carbons (Fsp3) is 0.417. The summed E-state index contributed by atoms with van der Waals surface area (Å²) in [6.45, 7) is 0. The summed E-state index contributed by atoms with van der Waals surface area (Å²) in [6.07, 6.45) is -0.0986. The summed E-state index contributed by atoms with van der Waals surface area (Å²) in [6, 6.07) is 6.95. The van der Waals surface area contributed by atoms with Crippen LogP contribution in [-0.2, 0) is 14.8 Å². The van der Waals surface area contributed by atoms with Crippen molar-refractivity contribution in [2.75, 3.05) is 32.3 Å². The van der Waals surface area contributed by atoms with E-state index in [1.807, 2.05) is 0 Å². The highest BCUT2D eigenvalue weighted by Crippen LogP contribution is 2.23. The number of ether oxygens (including phenoxy) is 1. The first-order chi connectivity index (χ1) is 8.86. The Hall–Kier alpha value is -1.60. The van der Waals surface area contributed by atoms with Gasteiger partial charge in [0, 0.05) is 20.5 Å². The van der Waals surface area contributed by atoms with E-state index in [4.69, 9.17) is 4.74 Å². The van der Waals surface area contributed by atoms with E-state index in [-0.39, 0.29) is 18.1 Å². The smallest absolute Gasteiger partial charge is 0.225 e. The zero-order chi connectivity index (χ0) is 14.5. The number of carbonyl (C=O) groups is 1. The number of nitrogens with zero attached hydrogens (tertiary/aromatic N) is 1. The fourth-order valence-corrected chi connectivity index (χ4v) is 2.17. The van der Waals surface area contributed by atoms with Gasteiger partial charge in [-0.05, 0) is 12.1 Å². The van der Waals surface area contributed by atoms with E-state index in [1.165, 1.54) is 21.2 Å². The van der Waals surface area contributed by atoms with Crippen LogP contribution in [0.5, 0.6) is 5.75 Å². The van der Waals surface area contributed by atoms with E-state index >= 15 is 0 Å². The molecule has 0 heterocycles. The van der Waals surface area contributed by atoms with Crippen molar-refractivity contribution in [3.05, 3.63) is 24.3 Å². The number of carbonyl (C=O) groups excluding carboxylic acids is 1. The number of anilines is 1. The monoisotopic (exact) mass is 286 g/mol. The van der Waals surface area contributed by atoms with Crippen LogP contribution in [0.4, 0.5) is 5.69 Å². The number of hydrogen-bond donors (Lipinski definition) is 1. The van der Waals surface area contributed by atoms with Gasteiger partial charge < -0.3 is 10.1 Å². The van der Waals surface area contributed by atoms with Crippen LogP contribution in [0.2, 0.25) is 0 Å². The third kappa shape index (κ3) is 4.53. The van der Waals surface area contributed by atoms with Crippen LogP contribution in [0.3, 0.4) is 0 Å². The molecule has 7 heteroatoms. The molecule has 0 saturated heterocycles. The van der Waals surface area contributed by atoms with E-state index in [2.05, 4.69) is 5.32 Å². The summed E-state index contributed by atoms with van der Waals surface area (Å²) in [5, 5.41) is 2.63. The highest BCUT2D eigenvalue weighted by atomic mass is 32.2. The lowest BCUT2D eigenvalue weighted by Crippen LogP contribution is -2.27. The number of methoxy groups -OCH3 is 1. The highest BCUT2D eigenvalue weighted by molar-refractivity contribution is 7.89. The SMILES string of the molecule is COc1ccccc1NC(=O)CCS(=O)(=O)N(C)C. The number of hydrogen-bond acceptors (Lipinski definition) is 4. The molecule has 1 aromatic rings. The normalized spacial score (nSPS) is 11.4. The van der Waals surface area contributed by atoms with Gasteiger partial charge in [0.15, 0.2) is 0 Å². The zero-order valence-corrected chi connectivity index (χ0v) is 12.0. The summed E-state index contributed by atoms with van der Waals surface area (Å²) < 4.78 is 29.3. The Balaban J connectivity index is 2.62. The summed E-state index contributed by atoms with van der Waals surface area (Å²) in [4.78, 5) is 11.7.